The molecular weight excluding hydrogens is 548 g/mol. The van der Waals surface area contributed by atoms with Crippen LogP contribution < -0.4 is 4.74 Å². The Morgan fingerprint density at radius 3 is 2.52 bits per heavy atom. The van der Waals surface area contributed by atoms with Crippen molar-refractivity contribution in [2.45, 2.75) is 37.6 Å². The van der Waals surface area contributed by atoms with Gasteiger partial charge in [-0.3, -0.25) is 9.78 Å². The van der Waals surface area contributed by atoms with E-state index in [0.29, 0.717) is 31.4 Å². The van der Waals surface area contributed by atoms with Crippen LogP contribution in [0.3, 0.4) is 0 Å². The third-order valence-electron chi connectivity index (χ3n) is 7.50. The molecule has 3 aromatic carbocycles. The van der Waals surface area contributed by atoms with Gasteiger partial charge in [-0.25, -0.2) is 8.42 Å². The summed E-state index contributed by atoms with van der Waals surface area (Å²) in [5, 5.41) is 1.85. The molecule has 1 amide bonds. The first-order valence-electron chi connectivity index (χ1n) is 14.2. The molecule has 1 N–H and O–H groups in total. The van der Waals surface area contributed by atoms with Crippen LogP contribution >= 0.6 is 0 Å². The molecule has 8 nitrogen and oxygen atoms in total. The zero-order chi connectivity index (χ0) is 29.5. The van der Waals surface area contributed by atoms with Gasteiger partial charge >= 0.3 is 0 Å². The standard InChI is InChI=1S/C33H36N4O4S/c1-3-4-20-37(42(39,40)31-13-7-9-26-10-8-19-34-33(26)31)24-32(38)36(23-25-14-16-28(41-2)17-15-25)21-18-27-22-35-30-12-6-5-11-29(27)30/h5-17,19,22,35H,3-4,18,20-21,23-24H2,1-2H3. The summed E-state index contributed by atoms with van der Waals surface area (Å²) in [6, 6.07) is 24.4. The molecular formula is C33H36N4O4S. The minimum absolute atomic E-state index is 0.116. The maximum atomic E-state index is 14.0. The van der Waals surface area contributed by atoms with Crippen LogP contribution in [0.4, 0.5) is 0 Å². The van der Waals surface area contributed by atoms with Crippen LogP contribution in [0, 0.1) is 0 Å². The smallest absolute Gasteiger partial charge is 0.245 e. The van der Waals surface area contributed by atoms with Crippen LogP contribution in [0.25, 0.3) is 21.8 Å². The van der Waals surface area contributed by atoms with Gasteiger partial charge in [0.1, 0.15) is 10.6 Å². The summed E-state index contributed by atoms with van der Waals surface area (Å²) in [4.78, 5) is 23.5. The van der Waals surface area contributed by atoms with Crippen LogP contribution in [0.15, 0.2) is 96.2 Å². The topological polar surface area (TPSA) is 95.6 Å². The minimum Gasteiger partial charge on any atom is -0.497 e. The van der Waals surface area contributed by atoms with Crippen LogP contribution in [-0.4, -0.2) is 60.2 Å². The fourth-order valence-corrected chi connectivity index (χ4v) is 6.72. The number of H-pyrrole nitrogens is 1. The molecule has 0 saturated carbocycles. The summed E-state index contributed by atoms with van der Waals surface area (Å²) in [6.45, 7) is 2.78. The Morgan fingerprint density at radius 2 is 1.74 bits per heavy atom. The first-order chi connectivity index (χ1) is 20.4. The summed E-state index contributed by atoms with van der Waals surface area (Å²) >= 11 is 0. The highest BCUT2D eigenvalue weighted by atomic mass is 32.2. The minimum atomic E-state index is -4.00. The second kappa shape index (κ2) is 13.2. The van der Waals surface area contributed by atoms with Crippen LogP contribution in [0.2, 0.25) is 0 Å². The number of hydrogen-bond donors (Lipinski definition) is 1. The molecule has 5 rings (SSSR count). The quantitative estimate of drug-likeness (QED) is 0.189. The number of ether oxygens (including phenoxy) is 1. The van der Waals surface area contributed by atoms with E-state index in [1.54, 1.807) is 36.4 Å². The van der Waals surface area contributed by atoms with E-state index < -0.39 is 10.0 Å². The monoisotopic (exact) mass is 584 g/mol. The zero-order valence-electron chi connectivity index (χ0n) is 24.0. The molecule has 0 atom stereocenters. The highest BCUT2D eigenvalue weighted by molar-refractivity contribution is 7.89. The van der Waals surface area contributed by atoms with Crippen molar-refractivity contribution in [3.8, 4) is 5.75 Å². The number of fused-ring (bicyclic) bond motifs is 2. The van der Waals surface area contributed by atoms with Crippen molar-refractivity contribution in [2.24, 2.45) is 0 Å². The molecule has 0 aliphatic heterocycles. The average molecular weight is 585 g/mol. The highest BCUT2D eigenvalue weighted by Crippen LogP contribution is 2.25. The molecule has 0 unspecified atom stereocenters. The van der Waals surface area contributed by atoms with Crippen LogP contribution in [0.1, 0.15) is 30.9 Å². The number of aromatic nitrogens is 2. The number of pyridine rings is 1. The van der Waals surface area contributed by atoms with Crippen molar-refractivity contribution < 1.29 is 17.9 Å². The van der Waals surface area contributed by atoms with Crippen molar-refractivity contribution in [3.63, 3.8) is 0 Å². The van der Waals surface area contributed by atoms with Crippen molar-refractivity contribution in [3.05, 3.63) is 102 Å². The highest BCUT2D eigenvalue weighted by Gasteiger charge is 2.30. The molecule has 42 heavy (non-hydrogen) atoms. The Kier molecular flexibility index (Phi) is 9.19. The van der Waals surface area contributed by atoms with Gasteiger partial charge in [-0.05, 0) is 54.3 Å². The summed E-state index contributed by atoms with van der Waals surface area (Å²) in [5.41, 5.74) is 3.49. The van der Waals surface area contributed by atoms with E-state index in [-0.39, 0.29) is 23.9 Å². The molecule has 9 heteroatoms. The maximum absolute atomic E-state index is 14.0. The number of carbonyl (C=O) groups is 1. The van der Waals surface area contributed by atoms with E-state index in [2.05, 4.69) is 16.0 Å². The Morgan fingerprint density at radius 1 is 0.952 bits per heavy atom. The summed E-state index contributed by atoms with van der Waals surface area (Å²) < 4.78 is 34.7. The number of unbranched alkanes of at least 4 members (excludes halogenated alkanes) is 1. The second-order valence-electron chi connectivity index (χ2n) is 10.3. The number of nitrogens with one attached hydrogen (secondary N) is 1. The van der Waals surface area contributed by atoms with Crippen LogP contribution in [-0.2, 0) is 27.8 Å². The van der Waals surface area contributed by atoms with Gasteiger partial charge in [0.15, 0.2) is 0 Å². The van der Waals surface area contributed by atoms with Crippen molar-refractivity contribution >= 4 is 37.7 Å². The molecule has 0 aliphatic carbocycles. The van der Waals surface area contributed by atoms with Gasteiger partial charge in [-0.1, -0.05) is 61.9 Å². The van der Waals surface area contributed by atoms with E-state index in [0.717, 1.165) is 39.6 Å². The molecule has 0 aliphatic rings. The molecule has 2 heterocycles. The van der Waals surface area contributed by atoms with Crippen LogP contribution in [0.5, 0.6) is 5.75 Å². The number of methoxy groups -OCH3 is 1. The summed E-state index contributed by atoms with van der Waals surface area (Å²) in [5.74, 6) is 0.481. The largest absolute Gasteiger partial charge is 0.497 e. The molecule has 218 valence electrons. The number of carbonyl (C=O) groups excluding carboxylic acids is 1. The number of para-hydroxylation sites is 2. The van der Waals surface area contributed by atoms with E-state index in [1.807, 2.05) is 67.7 Å². The number of hydrogen-bond acceptors (Lipinski definition) is 5. The van der Waals surface area contributed by atoms with Gasteiger partial charge in [0.05, 0.1) is 19.2 Å². The molecule has 0 radical (unpaired) electrons. The number of benzene rings is 3. The molecule has 5 aromatic rings. The first kappa shape index (κ1) is 29.3. The lowest BCUT2D eigenvalue weighted by Crippen LogP contribution is -2.43. The summed E-state index contributed by atoms with van der Waals surface area (Å²) in [7, 11) is -2.38. The van der Waals surface area contributed by atoms with Gasteiger partial charge in [0.2, 0.25) is 15.9 Å². The molecule has 0 fully saturated rings. The summed E-state index contributed by atoms with van der Waals surface area (Å²) in [6.07, 6.45) is 5.62. The van der Waals surface area contributed by atoms with E-state index in [4.69, 9.17) is 4.74 Å². The lowest BCUT2D eigenvalue weighted by molar-refractivity contribution is -0.132. The number of nitrogens with zero attached hydrogens (tertiary/aromatic N) is 3. The van der Waals surface area contributed by atoms with Gasteiger partial charge in [0, 0.05) is 48.3 Å². The normalized spacial score (nSPS) is 11.8. The lowest BCUT2D eigenvalue weighted by atomic mass is 10.1. The predicted molar refractivity (Wildman–Crippen MR) is 166 cm³/mol. The second-order valence-corrected chi connectivity index (χ2v) is 12.2. The maximum Gasteiger partial charge on any atom is 0.245 e. The van der Waals surface area contributed by atoms with Crippen molar-refractivity contribution in [1.82, 2.24) is 19.2 Å². The number of rotatable bonds is 13. The van der Waals surface area contributed by atoms with Crippen molar-refractivity contribution in [2.75, 3.05) is 26.7 Å². The van der Waals surface area contributed by atoms with Crippen molar-refractivity contribution in [1.29, 1.82) is 0 Å². The zero-order valence-corrected chi connectivity index (χ0v) is 24.8. The van der Waals surface area contributed by atoms with Gasteiger partial charge in [0.25, 0.3) is 0 Å². The Labute approximate surface area is 247 Å². The van der Waals surface area contributed by atoms with E-state index in [9.17, 15) is 13.2 Å². The lowest BCUT2D eigenvalue weighted by Gasteiger charge is -2.28. The Balaban J connectivity index is 1.43. The SMILES string of the molecule is CCCCN(CC(=O)N(CCc1c[nH]c2ccccc12)Cc1ccc(OC)cc1)S(=O)(=O)c1cccc2cccnc12. The molecule has 0 bridgehead atoms. The predicted octanol–water partition coefficient (Wildman–Crippen LogP) is 5.79. The van der Waals surface area contributed by atoms with E-state index >= 15 is 0 Å². The number of aromatic amines is 1. The van der Waals surface area contributed by atoms with Gasteiger partial charge in [-0.15, -0.1) is 0 Å². The fourth-order valence-electron chi connectivity index (χ4n) is 5.13. The Hall–Kier alpha value is -4.21. The van der Waals surface area contributed by atoms with Gasteiger partial charge < -0.3 is 14.6 Å². The third-order valence-corrected chi connectivity index (χ3v) is 9.37. The molecule has 0 spiro atoms. The Bertz CT molecular complexity index is 1760. The number of amides is 1. The first-order valence-corrected chi connectivity index (χ1v) is 15.6. The third kappa shape index (κ3) is 6.48. The molecule has 2 aromatic heterocycles. The fraction of sp³-hybridized carbons (Fsp3) is 0.273. The van der Waals surface area contributed by atoms with E-state index in [1.165, 1.54) is 4.31 Å². The van der Waals surface area contributed by atoms with Gasteiger partial charge in [-0.2, -0.15) is 4.31 Å². The number of sulfonamides is 1. The average Bonchev–Trinajstić information content (AvgIpc) is 3.44. The molecule has 0 saturated heterocycles.